The first-order valence-corrected chi connectivity index (χ1v) is 10.2. The van der Waals surface area contributed by atoms with Crippen LogP contribution in [0.15, 0.2) is 58.3 Å². The van der Waals surface area contributed by atoms with E-state index in [0.29, 0.717) is 27.0 Å². The number of hydrogen-bond acceptors (Lipinski definition) is 6. The highest BCUT2D eigenvalue weighted by Gasteiger charge is 2.12. The fourth-order valence-corrected chi connectivity index (χ4v) is 4.09. The first-order valence-electron chi connectivity index (χ1n) is 8.33. The number of rotatable bonds is 8. The number of nitrogens with zero attached hydrogens (tertiary/aromatic N) is 1. The predicted molar refractivity (Wildman–Crippen MR) is 109 cm³/mol. The van der Waals surface area contributed by atoms with Crippen molar-refractivity contribution in [1.82, 2.24) is 4.98 Å². The molecule has 0 unspecified atom stereocenters. The van der Waals surface area contributed by atoms with Crippen LogP contribution in [0.3, 0.4) is 0 Å². The lowest BCUT2D eigenvalue weighted by Crippen LogP contribution is -2.14. The van der Waals surface area contributed by atoms with Gasteiger partial charge < -0.3 is 10.1 Å². The largest absolute Gasteiger partial charge is 0.497 e. The summed E-state index contributed by atoms with van der Waals surface area (Å²) in [5.74, 6) is 0.209. The summed E-state index contributed by atoms with van der Waals surface area (Å²) in [7, 11) is 1.57. The average molecular weight is 416 g/mol. The van der Waals surface area contributed by atoms with E-state index >= 15 is 0 Å². The number of thioether (sulfide) groups is 1. The number of halogens is 1. The number of benzene rings is 2. The van der Waals surface area contributed by atoms with Crippen LogP contribution in [0.25, 0.3) is 0 Å². The highest BCUT2D eigenvalue weighted by molar-refractivity contribution is 8.01. The molecule has 5 nitrogen and oxygen atoms in total. The maximum Gasteiger partial charge on any atom is 0.230 e. The van der Waals surface area contributed by atoms with Crippen LogP contribution in [-0.4, -0.2) is 29.5 Å². The smallest absolute Gasteiger partial charge is 0.230 e. The van der Waals surface area contributed by atoms with Crippen molar-refractivity contribution in [2.75, 3.05) is 18.2 Å². The number of anilines is 1. The van der Waals surface area contributed by atoms with E-state index in [1.807, 2.05) is 0 Å². The van der Waals surface area contributed by atoms with Gasteiger partial charge in [-0.1, -0.05) is 17.8 Å². The lowest BCUT2D eigenvalue weighted by Gasteiger charge is -2.06. The van der Waals surface area contributed by atoms with Crippen LogP contribution < -0.4 is 10.1 Å². The molecule has 0 saturated carbocycles. The quantitative estimate of drug-likeness (QED) is 0.434. The second kappa shape index (κ2) is 9.48. The summed E-state index contributed by atoms with van der Waals surface area (Å²) in [5.41, 5.74) is 1.75. The van der Waals surface area contributed by atoms with E-state index < -0.39 is 0 Å². The fourth-order valence-electron chi connectivity index (χ4n) is 2.35. The van der Waals surface area contributed by atoms with Gasteiger partial charge in [-0.2, -0.15) is 0 Å². The van der Waals surface area contributed by atoms with Crippen molar-refractivity contribution in [3.8, 4) is 5.75 Å². The zero-order valence-electron chi connectivity index (χ0n) is 15.0. The summed E-state index contributed by atoms with van der Waals surface area (Å²) >= 11 is 2.68. The van der Waals surface area contributed by atoms with Crippen LogP contribution in [0.4, 0.5) is 10.1 Å². The summed E-state index contributed by atoms with van der Waals surface area (Å²) in [6.07, 6.45) is 0.139. The Balaban J connectivity index is 1.51. The zero-order chi connectivity index (χ0) is 19.9. The maximum absolute atomic E-state index is 12.9. The maximum atomic E-state index is 12.9. The molecule has 8 heteroatoms. The molecule has 0 saturated heterocycles. The number of methoxy groups -OCH3 is 1. The number of nitrogens with one attached hydrogen (secondary N) is 1. The van der Waals surface area contributed by atoms with Crippen molar-refractivity contribution in [2.45, 2.75) is 10.8 Å². The monoisotopic (exact) mass is 416 g/mol. The van der Waals surface area contributed by atoms with Crippen molar-refractivity contribution in [3.63, 3.8) is 0 Å². The Kier molecular flexibility index (Phi) is 6.78. The Morgan fingerprint density at radius 2 is 2.00 bits per heavy atom. The van der Waals surface area contributed by atoms with E-state index in [9.17, 15) is 14.0 Å². The number of Topliss-reactive ketones (excluding diaryl/α,β-unsaturated/α-hetero) is 1. The molecule has 0 aliphatic rings. The average Bonchev–Trinajstić information content (AvgIpc) is 3.14. The standard InChI is InChI=1S/C20H17FN2O3S2/c1-26-17-4-2-3-15(9-17)22-19(25)10-16-11-27-20(23-16)28-12-18(24)13-5-7-14(21)8-6-13/h2-9,11H,10,12H2,1H3,(H,22,25). The minimum absolute atomic E-state index is 0.0995. The normalized spacial score (nSPS) is 10.5. The summed E-state index contributed by atoms with van der Waals surface area (Å²) in [6, 6.07) is 12.6. The summed E-state index contributed by atoms with van der Waals surface area (Å²) in [4.78, 5) is 28.7. The molecule has 1 N–H and O–H groups in total. The van der Waals surface area contributed by atoms with E-state index in [4.69, 9.17) is 4.74 Å². The molecule has 3 aromatic rings. The number of carbonyl (C=O) groups excluding carboxylic acids is 2. The van der Waals surface area contributed by atoms with Crippen LogP contribution in [-0.2, 0) is 11.2 Å². The summed E-state index contributed by atoms with van der Waals surface area (Å²) in [6.45, 7) is 0. The number of ether oxygens (including phenoxy) is 1. The number of ketones is 1. The van der Waals surface area contributed by atoms with Crippen molar-refractivity contribution in [3.05, 3.63) is 71.0 Å². The van der Waals surface area contributed by atoms with Crippen LogP contribution in [0.5, 0.6) is 5.75 Å². The summed E-state index contributed by atoms with van der Waals surface area (Å²) in [5, 5.41) is 4.61. The van der Waals surface area contributed by atoms with E-state index in [2.05, 4.69) is 10.3 Å². The van der Waals surface area contributed by atoms with Crippen molar-refractivity contribution in [2.24, 2.45) is 0 Å². The topological polar surface area (TPSA) is 68.3 Å². The number of aromatic nitrogens is 1. The first kappa shape index (κ1) is 20.0. The molecule has 0 fully saturated rings. The van der Waals surface area contributed by atoms with Crippen molar-refractivity contribution < 1.29 is 18.7 Å². The van der Waals surface area contributed by atoms with E-state index in [1.165, 1.54) is 47.4 Å². The molecular weight excluding hydrogens is 399 g/mol. The third kappa shape index (κ3) is 5.64. The number of carbonyl (C=O) groups is 2. The molecule has 0 aliphatic carbocycles. The molecule has 144 valence electrons. The Morgan fingerprint density at radius 3 is 2.75 bits per heavy atom. The van der Waals surface area contributed by atoms with Gasteiger partial charge in [-0.05, 0) is 36.4 Å². The van der Waals surface area contributed by atoms with E-state index in [-0.39, 0.29) is 29.7 Å². The highest BCUT2D eigenvalue weighted by Crippen LogP contribution is 2.24. The van der Waals surface area contributed by atoms with Crippen LogP contribution in [0.1, 0.15) is 16.1 Å². The van der Waals surface area contributed by atoms with Gasteiger partial charge in [0, 0.05) is 22.7 Å². The molecule has 1 aromatic heterocycles. The molecule has 0 aliphatic heterocycles. The van der Waals surface area contributed by atoms with Gasteiger partial charge in [-0.25, -0.2) is 9.37 Å². The van der Waals surface area contributed by atoms with Crippen molar-refractivity contribution >= 4 is 40.5 Å². The molecule has 0 bridgehead atoms. The van der Waals surface area contributed by atoms with Gasteiger partial charge in [0.05, 0.1) is 25.0 Å². The van der Waals surface area contributed by atoms with Gasteiger partial charge in [0.2, 0.25) is 5.91 Å². The molecule has 1 amide bonds. The third-order valence-corrected chi connectivity index (χ3v) is 5.79. The Morgan fingerprint density at radius 1 is 1.21 bits per heavy atom. The Bertz CT molecular complexity index is 974. The minimum atomic E-state index is -0.374. The van der Waals surface area contributed by atoms with Gasteiger partial charge in [-0.3, -0.25) is 9.59 Å². The third-order valence-electron chi connectivity index (χ3n) is 3.72. The number of hydrogen-bond donors (Lipinski definition) is 1. The van der Waals surface area contributed by atoms with Crippen LogP contribution in [0.2, 0.25) is 0 Å². The molecular formula is C20H17FN2O3S2. The Hall–Kier alpha value is -2.71. The van der Waals surface area contributed by atoms with Gasteiger partial charge in [-0.15, -0.1) is 11.3 Å². The van der Waals surface area contributed by atoms with Crippen LogP contribution >= 0.6 is 23.1 Å². The van der Waals surface area contributed by atoms with Gasteiger partial charge in [0.1, 0.15) is 11.6 Å². The van der Waals surface area contributed by atoms with Gasteiger partial charge in [0.25, 0.3) is 0 Å². The zero-order valence-corrected chi connectivity index (χ0v) is 16.6. The minimum Gasteiger partial charge on any atom is -0.497 e. The predicted octanol–water partition coefficient (Wildman–Crippen LogP) is 4.45. The second-order valence-corrected chi connectivity index (χ2v) is 7.86. The van der Waals surface area contributed by atoms with Crippen LogP contribution in [0, 0.1) is 5.82 Å². The van der Waals surface area contributed by atoms with E-state index in [0.717, 1.165) is 0 Å². The molecule has 3 rings (SSSR count). The number of amides is 1. The Labute approximate surface area is 170 Å². The molecule has 0 atom stereocenters. The lowest BCUT2D eigenvalue weighted by atomic mass is 10.1. The molecule has 1 heterocycles. The van der Waals surface area contributed by atoms with Crippen molar-refractivity contribution in [1.29, 1.82) is 0 Å². The summed E-state index contributed by atoms with van der Waals surface area (Å²) < 4.78 is 18.8. The van der Waals surface area contributed by atoms with Gasteiger partial charge >= 0.3 is 0 Å². The SMILES string of the molecule is COc1cccc(NC(=O)Cc2csc(SCC(=O)c3ccc(F)cc3)n2)c1. The first-order chi connectivity index (χ1) is 13.5. The molecule has 0 radical (unpaired) electrons. The lowest BCUT2D eigenvalue weighted by molar-refractivity contribution is -0.115. The van der Waals surface area contributed by atoms with Gasteiger partial charge in [0.15, 0.2) is 10.1 Å². The molecule has 28 heavy (non-hydrogen) atoms. The second-order valence-electron chi connectivity index (χ2n) is 5.78. The highest BCUT2D eigenvalue weighted by atomic mass is 32.2. The molecule has 2 aromatic carbocycles. The molecule has 0 spiro atoms. The van der Waals surface area contributed by atoms with E-state index in [1.54, 1.807) is 36.8 Å². The fraction of sp³-hybridized carbons (Fsp3) is 0.150. The number of thiazole rings is 1.